The van der Waals surface area contributed by atoms with E-state index in [0.29, 0.717) is 11.4 Å². The van der Waals surface area contributed by atoms with Gasteiger partial charge >= 0.3 is 0 Å². The van der Waals surface area contributed by atoms with Gasteiger partial charge in [-0.05, 0) is 30.3 Å². The topological polar surface area (TPSA) is 120 Å². The zero-order valence-corrected chi connectivity index (χ0v) is 15.2. The molecule has 8 nitrogen and oxygen atoms in total. The molecule has 0 bridgehead atoms. The van der Waals surface area contributed by atoms with E-state index < -0.39 is 4.92 Å². The van der Waals surface area contributed by atoms with Crippen LogP contribution < -0.4 is 15.8 Å². The first-order valence-corrected chi connectivity index (χ1v) is 9.17. The first-order chi connectivity index (χ1) is 12.5. The quantitative estimate of drug-likeness (QED) is 0.286. The minimum atomic E-state index is -0.566. The normalized spacial score (nSPS) is 10.7. The number of fused-ring (bicyclic) bond motifs is 1. The van der Waals surface area contributed by atoms with Crippen molar-refractivity contribution >= 4 is 56.3 Å². The van der Waals surface area contributed by atoms with Crippen molar-refractivity contribution in [3.8, 4) is 5.75 Å². The van der Waals surface area contributed by atoms with Crippen LogP contribution in [-0.4, -0.2) is 28.7 Å². The van der Waals surface area contributed by atoms with E-state index in [1.54, 1.807) is 12.1 Å². The van der Waals surface area contributed by atoms with E-state index in [2.05, 4.69) is 10.3 Å². The number of rotatable bonds is 6. The largest absolute Gasteiger partial charge is 0.496 e. The fourth-order valence-corrected chi connectivity index (χ4v) is 4.11. The number of nitrogen functional groups attached to an aromatic ring is 1. The molecule has 0 aliphatic rings. The van der Waals surface area contributed by atoms with Gasteiger partial charge in [-0.2, -0.15) is 0 Å². The van der Waals surface area contributed by atoms with Gasteiger partial charge in [-0.25, -0.2) is 4.98 Å². The number of nitrogens with two attached hydrogens (primary N) is 1. The van der Waals surface area contributed by atoms with E-state index in [1.165, 1.54) is 42.3 Å². The zero-order chi connectivity index (χ0) is 18.7. The second-order valence-corrected chi connectivity index (χ2v) is 7.44. The Hall–Kier alpha value is -2.85. The Bertz CT molecular complexity index is 990. The van der Waals surface area contributed by atoms with E-state index in [9.17, 15) is 14.9 Å². The number of methoxy groups -OCH3 is 1. The Kier molecular flexibility index (Phi) is 5.24. The third kappa shape index (κ3) is 4.03. The lowest BCUT2D eigenvalue weighted by Crippen LogP contribution is -2.15. The van der Waals surface area contributed by atoms with Crippen LogP contribution in [-0.2, 0) is 4.79 Å². The first kappa shape index (κ1) is 18.0. The Morgan fingerprint density at radius 3 is 2.92 bits per heavy atom. The van der Waals surface area contributed by atoms with Gasteiger partial charge in [-0.1, -0.05) is 11.8 Å². The number of aromatic nitrogens is 1. The molecule has 1 amide bonds. The number of nitrogens with zero attached hydrogens (tertiary/aromatic N) is 2. The predicted molar refractivity (Wildman–Crippen MR) is 103 cm³/mol. The van der Waals surface area contributed by atoms with Gasteiger partial charge in [0.25, 0.3) is 5.69 Å². The number of hydrogen-bond donors (Lipinski definition) is 2. The summed E-state index contributed by atoms with van der Waals surface area (Å²) < 4.78 is 6.64. The Balaban J connectivity index is 1.67. The number of carbonyl (C=O) groups excluding carboxylic acids is 1. The van der Waals surface area contributed by atoms with Crippen molar-refractivity contribution in [3.63, 3.8) is 0 Å². The van der Waals surface area contributed by atoms with Crippen LogP contribution in [0.5, 0.6) is 5.75 Å². The molecule has 2 aromatic carbocycles. The smallest absolute Gasteiger partial charge is 0.296 e. The SMILES string of the molecule is COc1ccc(NC(=O)CSc2nc3ccc(N)cc3s2)c([N+](=O)[O-])c1. The number of nitro benzene ring substituents is 1. The lowest BCUT2D eigenvalue weighted by Gasteiger charge is -2.07. The zero-order valence-electron chi connectivity index (χ0n) is 13.6. The summed E-state index contributed by atoms with van der Waals surface area (Å²) in [6.07, 6.45) is 0. The molecule has 3 N–H and O–H groups in total. The maximum Gasteiger partial charge on any atom is 0.296 e. The van der Waals surface area contributed by atoms with Crippen molar-refractivity contribution in [2.24, 2.45) is 0 Å². The number of hydrogen-bond acceptors (Lipinski definition) is 8. The average molecular weight is 390 g/mol. The lowest BCUT2D eigenvalue weighted by atomic mass is 10.2. The van der Waals surface area contributed by atoms with Crippen LogP contribution in [0.4, 0.5) is 17.1 Å². The molecule has 0 saturated heterocycles. The van der Waals surface area contributed by atoms with Gasteiger partial charge in [-0.15, -0.1) is 11.3 Å². The first-order valence-electron chi connectivity index (χ1n) is 7.37. The van der Waals surface area contributed by atoms with Gasteiger partial charge in [-0.3, -0.25) is 14.9 Å². The molecule has 0 fully saturated rings. The van der Waals surface area contributed by atoms with Gasteiger partial charge < -0.3 is 15.8 Å². The minimum absolute atomic E-state index is 0.0818. The molecular weight excluding hydrogens is 376 g/mol. The molecule has 3 rings (SSSR count). The number of benzene rings is 2. The van der Waals surface area contributed by atoms with Crippen molar-refractivity contribution in [3.05, 3.63) is 46.5 Å². The third-order valence-corrected chi connectivity index (χ3v) is 5.56. The summed E-state index contributed by atoms with van der Waals surface area (Å²) in [4.78, 5) is 27.2. The molecule has 1 aromatic heterocycles. The summed E-state index contributed by atoms with van der Waals surface area (Å²) in [6, 6.07) is 9.68. The summed E-state index contributed by atoms with van der Waals surface area (Å²) in [5.41, 5.74) is 7.12. The second kappa shape index (κ2) is 7.58. The Labute approximate surface area is 156 Å². The number of ether oxygens (including phenoxy) is 1. The monoisotopic (exact) mass is 390 g/mol. The van der Waals surface area contributed by atoms with Gasteiger partial charge in [0.05, 0.1) is 34.1 Å². The number of anilines is 2. The van der Waals surface area contributed by atoms with Gasteiger partial charge in [0.15, 0.2) is 4.34 Å². The summed E-state index contributed by atoms with van der Waals surface area (Å²) in [5.74, 6) is 0.0678. The van der Waals surface area contributed by atoms with E-state index in [-0.39, 0.29) is 23.0 Å². The van der Waals surface area contributed by atoms with Crippen molar-refractivity contribution in [2.75, 3.05) is 23.9 Å². The van der Waals surface area contributed by atoms with E-state index >= 15 is 0 Å². The van der Waals surface area contributed by atoms with Gasteiger partial charge in [0.1, 0.15) is 11.4 Å². The molecule has 0 aliphatic heterocycles. The fraction of sp³-hybridized carbons (Fsp3) is 0.125. The highest BCUT2D eigenvalue weighted by atomic mass is 32.2. The number of thiazole rings is 1. The Morgan fingerprint density at radius 2 is 2.19 bits per heavy atom. The number of nitro groups is 1. The highest BCUT2D eigenvalue weighted by Crippen LogP contribution is 2.32. The van der Waals surface area contributed by atoms with Crippen LogP contribution in [0.2, 0.25) is 0 Å². The summed E-state index contributed by atoms with van der Waals surface area (Å²) >= 11 is 2.70. The number of thioether (sulfide) groups is 1. The van der Waals surface area contributed by atoms with Crippen LogP contribution in [0.3, 0.4) is 0 Å². The Morgan fingerprint density at radius 1 is 1.38 bits per heavy atom. The molecule has 134 valence electrons. The molecular formula is C16H14N4O4S2. The maximum absolute atomic E-state index is 12.2. The van der Waals surface area contributed by atoms with Gasteiger partial charge in [0.2, 0.25) is 5.91 Å². The summed E-state index contributed by atoms with van der Waals surface area (Å²) in [7, 11) is 1.42. The van der Waals surface area contributed by atoms with Crippen LogP contribution in [0, 0.1) is 10.1 Å². The molecule has 3 aromatic rings. The second-order valence-electron chi connectivity index (χ2n) is 5.18. The minimum Gasteiger partial charge on any atom is -0.496 e. The maximum atomic E-state index is 12.2. The molecule has 0 radical (unpaired) electrons. The molecule has 10 heteroatoms. The third-order valence-electron chi connectivity index (χ3n) is 3.40. The van der Waals surface area contributed by atoms with E-state index in [4.69, 9.17) is 10.5 Å². The van der Waals surface area contributed by atoms with E-state index in [0.717, 1.165) is 14.6 Å². The molecule has 0 aliphatic carbocycles. The molecule has 0 atom stereocenters. The van der Waals surface area contributed by atoms with Crippen molar-refractivity contribution in [1.29, 1.82) is 0 Å². The summed E-state index contributed by atoms with van der Waals surface area (Å²) in [5, 5.41) is 13.7. The fourth-order valence-electron chi connectivity index (χ4n) is 2.19. The summed E-state index contributed by atoms with van der Waals surface area (Å²) in [6.45, 7) is 0. The molecule has 1 heterocycles. The molecule has 0 unspecified atom stereocenters. The van der Waals surface area contributed by atoms with E-state index in [1.807, 2.05) is 12.1 Å². The van der Waals surface area contributed by atoms with Crippen LogP contribution in [0.15, 0.2) is 40.7 Å². The highest BCUT2D eigenvalue weighted by molar-refractivity contribution is 8.01. The average Bonchev–Trinajstić information content (AvgIpc) is 3.02. The van der Waals surface area contributed by atoms with Gasteiger partial charge in [0, 0.05) is 5.69 Å². The highest BCUT2D eigenvalue weighted by Gasteiger charge is 2.17. The lowest BCUT2D eigenvalue weighted by molar-refractivity contribution is -0.384. The van der Waals surface area contributed by atoms with Crippen LogP contribution in [0.25, 0.3) is 10.2 Å². The van der Waals surface area contributed by atoms with Crippen molar-refractivity contribution in [1.82, 2.24) is 4.98 Å². The number of carbonyl (C=O) groups is 1. The predicted octanol–water partition coefficient (Wildman–Crippen LogP) is 3.53. The number of nitrogens with one attached hydrogen (secondary N) is 1. The molecule has 26 heavy (non-hydrogen) atoms. The van der Waals surface area contributed by atoms with Crippen LogP contribution in [0.1, 0.15) is 0 Å². The molecule has 0 saturated carbocycles. The van der Waals surface area contributed by atoms with Crippen LogP contribution >= 0.6 is 23.1 Å². The van der Waals surface area contributed by atoms with Crippen molar-refractivity contribution in [2.45, 2.75) is 4.34 Å². The standard InChI is InChI=1S/C16H14N4O4S2/c1-24-10-3-5-11(13(7-10)20(22)23)18-15(21)8-25-16-19-12-4-2-9(17)6-14(12)26-16/h2-7H,8,17H2,1H3,(H,18,21). The number of amides is 1. The molecule has 0 spiro atoms. The van der Waals surface area contributed by atoms with Crippen molar-refractivity contribution < 1.29 is 14.5 Å².